The normalized spacial score (nSPS) is 24.9. The molecule has 1 saturated heterocycles. The van der Waals surface area contributed by atoms with Crippen molar-refractivity contribution in [2.24, 2.45) is 0 Å². The van der Waals surface area contributed by atoms with E-state index in [2.05, 4.69) is 16.1 Å². The van der Waals surface area contributed by atoms with E-state index in [1.54, 1.807) is 13.0 Å². The van der Waals surface area contributed by atoms with Crippen molar-refractivity contribution in [2.75, 3.05) is 13.2 Å². The van der Waals surface area contributed by atoms with Gasteiger partial charge in [0.25, 0.3) is 0 Å². The van der Waals surface area contributed by atoms with Gasteiger partial charge in [-0.3, -0.25) is 0 Å². The average Bonchev–Trinajstić information content (AvgIpc) is 2.55. The van der Waals surface area contributed by atoms with Gasteiger partial charge in [-0.2, -0.15) is 0 Å². The Balaban J connectivity index is 2.62. The molecule has 1 aliphatic heterocycles. The van der Waals surface area contributed by atoms with Crippen molar-refractivity contribution in [1.82, 2.24) is 3.93 Å². The molecule has 0 radical (unpaired) electrons. The van der Waals surface area contributed by atoms with Gasteiger partial charge in [-0.15, -0.1) is 0 Å². The molecule has 0 aromatic rings. The summed E-state index contributed by atoms with van der Waals surface area (Å²) < 4.78 is 11.3. The number of allylic oxidation sites excluding steroid dienone is 1. The van der Waals surface area contributed by atoms with E-state index in [1.807, 2.05) is 6.92 Å². The highest BCUT2D eigenvalue weighted by Crippen LogP contribution is 2.31. The molecule has 1 heterocycles. The Hall–Kier alpha value is -1.04. The monoisotopic (exact) mass is 291 g/mol. The van der Waals surface area contributed by atoms with Crippen LogP contribution in [0, 0.1) is 0 Å². The van der Waals surface area contributed by atoms with Gasteiger partial charge in [-0.05, 0) is 13.3 Å². The Morgan fingerprint density at radius 2 is 2.44 bits per heavy atom. The summed E-state index contributed by atoms with van der Waals surface area (Å²) in [5, 5.41) is 0. The van der Waals surface area contributed by atoms with E-state index in [1.165, 1.54) is 10.0 Å². The molecule has 0 saturated carbocycles. The molecule has 1 fully saturated rings. The van der Waals surface area contributed by atoms with Crippen LogP contribution in [0.4, 0.5) is 4.79 Å². The Bertz CT molecular complexity index is 318. The first-order valence-electron chi connectivity index (χ1n) is 4.98. The smallest absolute Gasteiger partial charge is 0.420 e. The third-order valence-electron chi connectivity index (χ3n) is 2.49. The largest absolute Gasteiger partial charge is 0.460 e. The van der Waals surface area contributed by atoms with Crippen LogP contribution >= 0.6 is 16.1 Å². The SMILES string of the molecule is C/C=C/C(=O)OCC1(CC)COC(=O)N1Br. The standard InChI is InChI=1S/C10H14BrNO4/c1-3-5-8(13)15-6-10(4-2)7-16-9(14)12(10)11/h3,5H,4,6-7H2,1-2H3/b5-3+. The molecule has 0 aromatic carbocycles. The molecule has 90 valence electrons. The van der Waals surface area contributed by atoms with Crippen LogP contribution in [0.2, 0.25) is 0 Å². The molecule has 1 rings (SSSR count). The lowest BCUT2D eigenvalue weighted by Crippen LogP contribution is -2.45. The number of nitrogens with zero attached hydrogens (tertiary/aromatic N) is 1. The quantitative estimate of drug-likeness (QED) is 0.452. The molecule has 1 unspecified atom stereocenters. The molecule has 1 aliphatic rings. The van der Waals surface area contributed by atoms with Crippen LogP contribution in [0.1, 0.15) is 20.3 Å². The minimum absolute atomic E-state index is 0.115. The van der Waals surface area contributed by atoms with Gasteiger partial charge in [0.15, 0.2) is 0 Å². The van der Waals surface area contributed by atoms with Gasteiger partial charge in [0, 0.05) is 6.08 Å². The maximum absolute atomic E-state index is 11.2. The summed E-state index contributed by atoms with van der Waals surface area (Å²) in [5.74, 6) is -0.421. The van der Waals surface area contributed by atoms with Crippen LogP contribution in [0.3, 0.4) is 0 Å². The van der Waals surface area contributed by atoms with Crippen molar-refractivity contribution < 1.29 is 19.1 Å². The van der Waals surface area contributed by atoms with Crippen LogP contribution in [0.25, 0.3) is 0 Å². The highest BCUT2D eigenvalue weighted by Gasteiger charge is 2.46. The van der Waals surface area contributed by atoms with E-state index in [0.717, 1.165) is 0 Å². The Morgan fingerprint density at radius 3 is 2.88 bits per heavy atom. The fourth-order valence-electron chi connectivity index (χ4n) is 1.33. The molecule has 16 heavy (non-hydrogen) atoms. The fourth-order valence-corrected chi connectivity index (χ4v) is 1.89. The second-order valence-electron chi connectivity index (χ2n) is 3.52. The third-order valence-corrected chi connectivity index (χ3v) is 3.53. The minimum Gasteiger partial charge on any atom is -0.460 e. The summed E-state index contributed by atoms with van der Waals surface area (Å²) in [6, 6.07) is 0. The lowest BCUT2D eigenvalue weighted by molar-refractivity contribution is -0.140. The molecule has 0 bridgehead atoms. The number of rotatable bonds is 4. The van der Waals surface area contributed by atoms with Crippen molar-refractivity contribution in [1.29, 1.82) is 0 Å². The number of cyclic esters (lactones) is 1. The number of hydrogen-bond donors (Lipinski definition) is 0. The molecule has 1 amide bonds. The van der Waals surface area contributed by atoms with E-state index in [-0.39, 0.29) is 13.2 Å². The highest BCUT2D eigenvalue weighted by atomic mass is 79.9. The molecular formula is C10H14BrNO4. The third kappa shape index (κ3) is 2.55. The predicted octanol–water partition coefficient (Wildman–Crippen LogP) is 2.02. The summed E-state index contributed by atoms with van der Waals surface area (Å²) in [4.78, 5) is 22.4. The zero-order valence-electron chi connectivity index (χ0n) is 9.23. The minimum atomic E-state index is -0.603. The molecule has 0 aliphatic carbocycles. The van der Waals surface area contributed by atoms with Crippen LogP contribution < -0.4 is 0 Å². The summed E-state index contributed by atoms with van der Waals surface area (Å²) in [5.41, 5.74) is -0.603. The molecule has 6 heteroatoms. The Kier molecular flexibility index (Phi) is 4.35. The molecule has 0 aromatic heterocycles. The summed E-state index contributed by atoms with van der Waals surface area (Å²) >= 11 is 3.13. The lowest BCUT2D eigenvalue weighted by Gasteiger charge is -2.28. The fraction of sp³-hybridized carbons (Fsp3) is 0.600. The number of ether oxygens (including phenoxy) is 2. The maximum atomic E-state index is 11.2. The van der Waals surface area contributed by atoms with Gasteiger partial charge in [-0.25, -0.2) is 13.5 Å². The first kappa shape index (κ1) is 13.0. The van der Waals surface area contributed by atoms with E-state index >= 15 is 0 Å². The van der Waals surface area contributed by atoms with E-state index in [4.69, 9.17) is 9.47 Å². The Labute approximate surface area is 103 Å². The van der Waals surface area contributed by atoms with E-state index in [9.17, 15) is 9.59 Å². The summed E-state index contributed by atoms with van der Waals surface area (Å²) in [7, 11) is 0. The van der Waals surface area contributed by atoms with Crippen molar-refractivity contribution in [3.63, 3.8) is 0 Å². The number of carbonyl (C=O) groups is 2. The number of carbonyl (C=O) groups excluding carboxylic acids is 2. The topological polar surface area (TPSA) is 55.8 Å². The zero-order chi connectivity index (χ0) is 12.2. The highest BCUT2D eigenvalue weighted by molar-refractivity contribution is 9.07. The van der Waals surface area contributed by atoms with Crippen molar-refractivity contribution >= 4 is 28.2 Å². The number of halogens is 1. The predicted molar refractivity (Wildman–Crippen MR) is 60.9 cm³/mol. The summed E-state index contributed by atoms with van der Waals surface area (Å²) in [6.07, 6.45) is 3.11. The van der Waals surface area contributed by atoms with E-state index in [0.29, 0.717) is 6.42 Å². The van der Waals surface area contributed by atoms with Gasteiger partial charge in [0.2, 0.25) is 0 Å². The first-order valence-corrected chi connectivity index (χ1v) is 5.69. The van der Waals surface area contributed by atoms with Crippen LogP contribution in [-0.4, -0.2) is 34.7 Å². The van der Waals surface area contributed by atoms with Crippen LogP contribution in [-0.2, 0) is 14.3 Å². The van der Waals surface area contributed by atoms with Gasteiger partial charge < -0.3 is 9.47 Å². The van der Waals surface area contributed by atoms with Gasteiger partial charge >= 0.3 is 12.1 Å². The second-order valence-corrected chi connectivity index (χ2v) is 4.23. The number of amides is 1. The summed E-state index contributed by atoms with van der Waals surface area (Å²) in [6.45, 7) is 3.97. The number of hydrogen-bond acceptors (Lipinski definition) is 4. The van der Waals surface area contributed by atoms with Gasteiger partial charge in [0.1, 0.15) is 18.8 Å². The van der Waals surface area contributed by atoms with Crippen LogP contribution in [0.15, 0.2) is 12.2 Å². The maximum Gasteiger partial charge on any atom is 0.420 e. The number of esters is 1. The molecular weight excluding hydrogens is 278 g/mol. The molecule has 0 spiro atoms. The molecule has 0 N–H and O–H groups in total. The molecule has 1 atom stereocenters. The average molecular weight is 292 g/mol. The Morgan fingerprint density at radius 1 is 1.75 bits per heavy atom. The van der Waals surface area contributed by atoms with Crippen molar-refractivity contribution in [3.05, 3.63) is 12.2 Å². The second kappa shape index (κ2) is 5.34. The van der Waals surface area contributed by atoms with Gasteiger partial charge in [0.05, 0.1) is 16.1 Å². The zero-order valence-corrected chi connectivity index (χ0v) is 10.8. The van der Waals surface area contributed by atoms with E-state index < -0.39 is 17.6 Å². The van der Waals surface area contributed by atoms with Crippen LogP contribution in [0.5, 0.6) is 0 Å². The van der Waals surface area contributed by atoms with Crippen molar-refractivity contribution in [2.45, 2.75) is 25.8 Å². The van der Waals surface area contributed by atoms with Gasteiger partial charge in [-0.1, -0.05) is 13.0 Å². The molecule has 5 nitrogen and oxygen atoms in total. The van der Waals surface area contributed by atoms with Crippen molar-refractivity contribution in [3.8, 4) is 0 Å². The first-order chi connectivity index (χ1) is 7.55. The lowest BCUT2D eigenvalue weighted by atomic mass is 10.00.